The summed E-state index contributed by atoms with van der Waals surface area (Å²) >= 11 is 0. The van der Waals surface area contributed by atoms with Crippen LogP contribution >= 0.6 is 0 Å². The van der Waals surface area contributed by atoms with Crippen LogP contribution in [0.3, 0.4) is 0 Å². The van der Waals surface area contributed by atoms with Crippen LogP contribution in [0.5, 0.6) is 0 Å². The molecule has 0 heterocycles. The number of hydrogen-bond donors (Lipinski definition) is 0. The Balaban J connectivity index is 2.34. The van der Waals surface area contributed by atoms with E-state index in [2.05, 4.69) is 50.3 Å². The fourth-order valence-corrected chi connectivity index (χ4v) is 1.86. The highest BCUT2D eigenvalue weighted by molar-refractivity contribution is 5.27. The van der Waals surface area contributed by atoms with E-state index in [0.29, 0.717) is 0 Å². The van der Waals surface area contributed by atoms with Gasteiger partial charge in [-0.1, -0.05) is 69.9 Å². The van der Waals surface area contributed by atoms with Crippen LogP contribution in [0.4, 0.5) is 0 Å². The van der Waals surface area contributed by atoms with E-state index in [1.165, 1.54) is 49.7 Å². The quantitative estimate of drug-likeness (QED) is 0.529. The van der Waals surface area contributed by atoms with E-state index in [0.717, 1.165) is 6.42 Å². The average Bonchev–Trinajstić information content (AvgIpc) is 2.37. The Labute approximate surface area is 107 Å². The van der Waals surface area contributed by atoms with Gasteiger partial charge in [-0.2, -0.15) is 0 Å². The standard InChI is InChI=1S/C17H25/c1-3-5-7-9-11-17-14-12-16(13-15-17)10-8-6-4-2/h8,12-15H,3-7,9,11H2,1-2H3. The summed E-state index contributed by atoms with van der Waals surface area (Å²) in [6.07, 6.45) is 14.4. The summed E-state index contributed by atoms with van der Waals surface area (Å²) in [5, 5.41) is 0. The minimum atomic E-state index is 1.12. The van der Waals surface area contributed by atoms with Gasteiger partial charge in [0.25, 0.3) is 0 Å². The van der Waals surface area contributed by atoms with E-state index < -0.39 is 0 Å². The van der Waals surface area contributed by atoms with Crippen molar-refractivity contribution in [3.8, 4) is 0 Å². The highest BCUT2D eigenvalue weighted by atomic mass is 14.0. The molecule has 1 aromatic rings. The lowest BCUT2D eigenvalue weighted by Gasteiger charge is -2.01. The van der Waals surface area contributed by atoms with Crippen molar-refractivity contribution in [2.24, 2.45) is 0 Å². The molecular weight excluding hydrogens is 204 g/mol. The Hall–Kier alpha value is -1.04. The van der Waals surface area contributed by atoms with Crippen LogP contribution < -0.4 is 0 Å². The van der Waals surface area contributed by atoms with Gasteiger partial charge in [0.15, 0.2) is 0 Å². The van der Waals surface area contributed by atoms with E-state index in [9.17, 15) is 0 Å². The predicted molar refractivity (Wildman–Crippen MR) is 76.1 cm³/mol. The maximum atomic E-state index is 3.32. The molecule has 0 aromatic heterocycles. The number of benzene rings is 1. The summed E-state index contributed by atoms with van der Waals surface area (Å²) < 4.78 is 0. The second-order valence-corrected chi connectivity index (χ2v) is 4.64. The van der Waals surface area contributed by atoms with Crippen LogP contribution in [0, 0.1) is 6.08 Å². The molecule has 17 heavy (non-hydrogen) atoms. The molecular formula is C17H25. The topological polar surface area (TPSA) is 0 Å². The molecule has 0 bridgehead atoms. The molecule has 0 atom stereocenters. The minimum Gasteiger partial charge on any atom is -0.0761 e. The number of allylic oxidation sites excluding steroid dienone is 1. The second kappa shape index (κ2) is 9.04. The van der Waals surface area contributed by atoms with Crippen LogP contribution in [0.1, 0.15) is 63.5 Å². The van der Waals surface area contributed by atoms with Gasteiger partial charge in [0, 0.05) is 0 Å². The number of rotatable bonds is 8. The number of aryl methyl sites for hydroxylation is 1. The third-order valence-corrected chi connectivity index (χ3v) is 2.97. The molecule has 0 aliphatic rings. The molecule has 0 heteroatoms. The van der Waals surface area contributed by atoms with Crippen LogP contribution in [0.15, 0.2) is 30.3 Å². The first-order chi connectivity index (χ1) is 8.36. The summed E-state index contributed by atoms with van der Waals surface area (Å²) in [5.41, 5.74) is 2.66. The van der Waals surface area contributed by atoms with Gasteiger partial charge < -0.3 is 0 Å². The molecule has 93 valence electrons. The summed E-state index contributed by atoms with van der Waals surface area (Å²) in [6.45, 7) is 4.45. The van der Waals surface area contributed by atoms with Crippen LogP contribution in [0.25, 0.3) is 0 Å². The Morgan fingerprint density at radius 1 is 0.941 bits per heavy atom. The molecule has 0 N–H and O–H groups in total. The lowest BCUT2D eigenvalue weighted by Crippen LogP contribution is -1.86. The average molecular weight is 229 g/mol. The van der Waals surface area contributed by atoms with Crippen LogP contribution in [0.2, 0.25) is 0 Å². The zero-order valence-electron chi connectivity index (χ0n) is 11.3. The van der Waals surface area contributed by atoms with Crippen LogP contribution in [-0.4, -0.2) is 0 Å². The van der Waals surface area contributed by atoms with Gasteiger partial charge >= 0.3 is 0 Å². The van der Waals surface area contributed by atoms with Crippen molar-refractivity contribution in [1.29, 1.82) is 0 Å². The molecule has 0 aliphatic carbocycles. The zero-order chi connectivity index (χ0) is 12.3. The van der Waals surface area contributed by atoms with E-state index in [1.54, 1.807) is 0 Å². The molecule has 0 spiro atoms. The third kappa shape index (κ3) is 6.31. The lowest BCUT2D eigenvalue weighted by atomic mass is 10.0. The maximum Gasteiger partial charge on any atom is -0.0149 e. The van der Waals surface area contributed by atoms with Gasteiger partial charge in [-0.05, 0) is 36.5 Å². The van der Waals surface area contributed by atoms with Gasteiger partial charge in [0.05, 0.1) is 0 Å². The molecule has 0 aliphatic heterocycles. The lowest BCUT2D eigenvalue weighted by molar-refractivity contribution is 0.667. The molecule has 0 saturated carbocycles. The summed E-state index contributed by atoms with van der Waals surface area (Å²) in [7, 11) is 0. The molecule has 0 amide bonds. The Morgan fingerprint density at radius 3 is 2.35 bits per heavy atom. The van der Waals surface area contributed by atoms with Crippen molar-refractivity contribution in [3.05, 3.63) is 47.5 Å². The highest BCUT2D eigenvalue weighted by Gasteiger charge is 1.93. The molecule has 1 aromatic carbocycles. The maximum absolute atomic E-state index is 3.32. The van der Waals surface area contributed by atoms with Crippen molar-refractivity contribution in [2.45, 2.75) is 58.8 Å². The fraction of sp³-hybridized carbons (Fsp3) is 0.529. The summed E-state index contributed by atoms with van der Waals surface area (Å²) in [4.78, 5) is 0. The molecule has 1 rings (SSSR count). The predicted octanol–water partition coefficient (Wildman–Crippen LogP) is 5.32. The SMILES string of the molecule is CCC/C=[C]\c1ccc(CCCCCC)cc1. The van der Waals surface area contributed by atoms with Crippen LogP contribution in [-0.2, 0) is 6.42 Å². The van der Waals surface area contributed by atoms with E-state index in [4.69, 9.17) is 0 Å². The molecule has 0 unspecified atom stereocenters. The third-order valence-electron chi connectivity index (χ3n) is 2.97. The van der Waals surface area contributed by atoms with Gasteiger partial charge in [0.1, 0.15) is 0 Å². The van der Waals surface area contributed by atoms with Crippen molar-refractivity contribution < 1.29 is 0 Å². The van der Waals surface area contributed by atoms with E-state index >= 15 is 0 Å². The normalized spacial score (nSPS) is 11.2. The Morgan fingerprint density at radius 2 is 1.71 bits per heavy atom. The molecule has 1 radical (unpaired) electrons. The monoisotopic (exact) mass is 229 g/mol. The molecule has 0 nitrogen and oxygen atoms in total. The van der Waals surface area contributed by atoms with Crippen molar-refractivity contribution in [3.63, 3.8) is 0 Å². The largest absolute Gasteiger partial charge is 0.0761 e. The smallest absolute Gasteiger partial charge is 0.0149 e. The minimum absolute atomic E-state index is 1.12. The Kier molecular flexibility index (Phi) is 7.46. The Bertz CT molecular complexity index is 305. The molecule has 0 fully saturated rings. The summed E-state index contributed by atoms with van der Waals surface area (Å²) in [5.74, 6) is 0. The van der Waals surface area contributed by atoms with Gasteiger partial charge in [0.2, 0.25) is 0 Å². The van der Waals surface area contributed by atoms with Gasteiger partial charge in [-0.15, -0.1) is 0 Å². The van der Waals surface area contributed by atoms with Crippen molar-refractivity contribution in [1.82, 2.24) is 0 Å². The van der Waals surface area contributed by atoms with E-state index in [-0.39, 0.29) is 0 Å². The van der Waals surface area contributed by atoms with Crippen molar-refractivity contribution >= 4 is 0 Å². The number of unbranched alkanes of at least 4 members (excludes halogenated alkanes) is 4. The first kappa shape index (κ1) is 14.0. The van der Waals surface area contributed by atoms with Gasteiger partial charge in [-0.25, -0.2) is 0 Å². The first-order valence-electron chi connectivity index (χ1n) is 7.04. The van der Waals surface area contributed by atoms with Crippen molar-refractivity contribution in [2.75, 3.05) is 0 Å². The first-order valence-corrected chi connectivity index (χ1v) is 7.04. The molecule has 0 saturated heterocycles. The second-order valence-electron chi connectivity index (χ2n) is 4.64. The number of hydrogen-bond acceptors (Lipinski definition) is 0. The fourth-order valence-electron chi connectivity index (χ4n) is 1.86. The van der Waals surface area contributed by atoms with Gasteiger partial charge in [-0.3, -0.25) is 0 Å². The zero-order valence-corrected chi connectivity index (χ0v) is 11.3. The highest BCUT2D eigenvalue weighted by Crippen LogP contribution is 2.10. The van der Waals surface area contributed by atoms with E-state index in [1.807, 2.05) is 0 Å². The summed E-state index contributed by atoms with van der Waals surface area (Å²) in [6, 6.07) is 8.85.